The lowest BCUT2D eigenvalue weighted by Crippen LogP contribution is -2.47. The molecule has 0 saturated heterocycles. The molecule has 0 fully saturated rings. The van der Waals surface area contributed by atoms with E-state index in [9.17, 15) is 14.7 Å². The Morgan fingerprint density at radius 1 is 0.853 bits per heavy atom. The van der Waals surface area contributed by atoms with Gasteiger partial charge in [0.15, 0.2) is 0 Å². The van der Waals surface area contributed by atoms with Crippen molar-refractivity contribution in [3.8, 4) is 5.75 Å². The lowest BCUT2D eigenvalue weighted by atomic mass is 9.99. The highest BCUT2D eigenvalue weighted by Gasteiger charge is 2.33. The number of benzene rings is 3. The second-order valence-corrected chi connectivity index (χ2v) is 9.02. The van der Waals surface area contributed by atoms with Gasteiger partial charge in [-0.3, -0.25) is 9.59 Å². The van der Waals surface area contributed by atoms with E-state index in [-0.39, 0.29) is 36.1 Å². The average molecular weight is 459 g/mol. The number of phenols is 1. The zero-order valence-corrected chi connectivity index (χ0v) is 20.4. The van der Waals surface area contributed by atoms with Crippen molar-refractivity contribution in [2.75, 3.05) is 0 Å². The monoisotopic (exact) mass is 458 g/mol. The Hall–Kier alpha value is -3.60. The number of nitrogens with zero attached hydrogens (tertiary/aromatic N) is 1. The number of amides is 2. The molecule has 34 heavy (non-hydrogen) atoms. The summed E-state index contributed by atoms with van der Waals surface area (Å²) >= 11 is 0. The molecule has 5 heteroatoms. The fourth-order valence-corrected chi connectivity index (χ4v) is 4.08. The van der Waals surface area contributed by atoms with Crippen LogP contribution in [-0.4, -0.2) is 27.9 Å². The topological polar surface area (TPSA) is 69.6 Å². The van der Waals surface area contributed by atoms with Gasteiger partial charge in [0.05, 0.1) is 6.04 Å². The molecule has 3 aromatic rings. The molecule has 0 spiro atoms. The van der Waals surface area contributed by atoms with Gasteiger partial charge >= 0.3 is 0 Å². The van der Waals surface area contributed by atoms with Gasteiger partial charge in [-0.15, -0.1) is 0 Å². The van der Waals surface area contributed by atoms with Gasteiger partial charge in [0.2, 0.25) is 11.8 Å². The smallest absolute Gasteiger partial charge is 0.247 e. The molecule has 0 saturated carbocycles. The van der Waals surface area contributed by atoms with E-state index >= 15 is 0 Å². The van der Waals surface area contributed by atoms with Crippen LogP contribution in [0.2, 0.25) is 0 Å². The van der Waals surface area contributed by atoms with Crippen LogP contribution in [-0.2, 0) is 16.0 Å². The highest BCUT2D eigenvalue weighted by atomic mass is 16.3. The molecule has 0 aliphatic rings. The standard InChI is InChI=1S/C29H34N2O3/c1-20(2)31(27(33)19-14-23-12-17-26(32)18-13-23)28(25-15-10-21(3)11-16-25)29(34)30-22(4)24-8-6-5-7-9-24/h5-13,15-18,20,22,28,32H,14,19H2,1-4H3,(H,30,34). The average Bonchev–Trinajstić information content (AvgIpc) is 2.83. The van der Waals surface area contributed by atoms with Crippen LogP contribution in [0.25, 0.3) is 0 Å². The Labute approximate surface area is 202 Å². The minimum absolute atomic E-state index is 0.0869. The quantitative estimate of drug-likeness (QED) is 0.446. The summed E-state index contributed by atoms with van der Waals surface area (Å²) in [6, 6.07) is 23.4. The number of rotatable bonds is 9. The van der Waals surface area contributed by atoms with E-state index in [0.717, 1.165) is 22.3 Å². The van der Waals surface area contributed by atoms with Crippen molar-refractivity contribution < 1.29 is 14.7 Å². The van der Waals surface area contributed by atoms with Crippen LogP contribution in [0.3, 0.4) is 0 Å². The summed E-state index contributed by atoms with van der Waals surface area (Å²) in [6.45, 7) is 7.83. The van der Waals surface area contributed by atoms with Crippen molar-refractivity contribution in [1.29, 1.82) is 0 Å². The van der Waals surface area contributed by atoms with E-state index in [0.29, 0.717) is 6.42 Å². The minimum atomic E-state index is -0.737. The molecule has 0 aliphatic carbocycles. The van der Waals surface area contributed by atoms with Crippen molar-refractivity contribution in [1.82, 2.24) is 10.2 Å². The SMILES string of the molecule is Cc1ccc(C(C(=O)NC(C)c2ccccc2)N(C(=O)CCc2ccc(O)cc2)C(C)C)cc1. The number of hydrogen-bond donors (Lipinski definition) is 2. The minimum Gasteiger partial charge on any atom is -0.508 e. The molecule has 0 aromatic heterocycles. The second-order valence-electron chi connectivity index (χ2n) is 9.02. The molecule has 2 atom stereocenters. The summed E-state index contributed by atoms with van der Waals surface area (Å²) in [4.78, 5) is 28.8. The van der Waals surface area contributed by atoms with Crippen LogP contribution >= 0.6 is 0 Å². The first-order chi connectivity index (χ1) is 16.3. The summed E-state index contributed by atoms with van der Waals surface area (Å²) in [5.74, 6) is -0.0921. The van der Waals surface area contributed by atoms with E-state index < -0.39 is 6.04 Å². The summed E-state index contributed by atoms with van der Waals surface area (Å²) in [5, 5.41) is 12.6. The predicted octanol–water partition coefficient (Wildman–Crippen LogP) is 5.49. The van der Waals surface area contributed by atoms with Crippen LogP contribution in [0.15, 0.2) is 78.9 Å². The molecule has 2 unspecified atom stereocenters. The first-order valence-electron chi connectivity index (χ1n) is 11.8. The number of hydrogen-bond acceptors (Lipinski definition) is 3. The third-order valence-corrected chi connectivity index (χ3v) is 5.99. The molecule has 3 rings (SSSR count). The normalized spacial score (nSPS) is 12.7. The molecule has 2 amide bonds. The van der Waals surface area contributed by atoms with Gasteiger partial charge in [0, 0.05) is 12.5 Å². The molecular weight excluding hydrogens is 424 g/mol. The van der Waals surface area contributed by atoms with Crippen molar-refractivity contribution in [3.05, 3.63) is 101 Å². The highest BCUT2D eigenvalue weighted by Crippen LogP contribution is 2.27. The van der Waals surface area contributed by atoms with Crippen LogP contribution in [0.5, 0.6) is 5.75 Å². The van der Waals surface area contributed by atoms with Crippen molar-refractivity contribution >= 4 is 11.8 Å². The van der Waals surface area contributed by atoms with Crippen molar-refractivity contribution in [2.24, 2.45) is 0 Å². The van der Waals surface area contributed by atoms with Gasteiger partial charge in [-0.1, -0.05) is 72.3 Å². The van der Waals surface area contributed by atoms with E-state index in [1.54, 1.807) is 17.0 Å². The third kappa shape index (κ3) is 6.47. The van der Waals surface area contributed by atoms with Gasteiger partial charge in [-0.25, -0.2) is 0 Å². The van der Waals surface area contributed by atoms with Crippen molar-refractivity contribution in [2.45, 2.75) is 58.7 Å². The Bertz CT molecular complexity index is 1080. The number of aromatic hydroxyl groups is 1. The lowest BCUT2D eigenvalue weighted by molar-refractivity contribution is -0.143. The second kappa shape index (κ2) is 11.5. The van der Waals surface area contributed by atoms with Crippen LogP contribution in [0, 0.1) is 6.92 Å². The fourth-order valence-electron chi connectivity index (χ4n) is 4.08. The number of phenolic OH excluding ortho intramolecular Hbond substituents is 1. The lowest BCUT2D eigenvalue weighted by Gasteiger charge is -2.35. The van der Waals surface area contributed by atoms with E-state index in [2.05, 4.69) is 5.32 Å². The largest absolute Gasteiger partial charge is 0.508 e. The number of aryl methyl sites for hydroxylation is 2. The maximum Gasteiger partial charge on any atom is 0.247 e. The fraction of sp³-hybridized carbons (Fsp3) is 0.310. The Morgan fingerprint density at radius 3 is 2.06 bits per heavy atom. The Balaban J connectivity index is 1.86. The van der Waals surface area contributed by atoms with E-state index in [4.69, 9.17) is 0 Å². The maximum atomic E-state index is 13.6. The molecular formula is C29H34N2O3. The first kappa shape index (κ1) is 25.0. The van der Waals surface area contributed by atoms with Gasteiger partial charge in [-0.2, -0.15) is 0 Å². The van der Waals surface area contributed by atoms with Gasteiger partial charge in [-0.05, 0) is 62.9 Å². The third-order valence-electron chi connectivity index (χ3n) is 5.99. The van der Waals surface area contributed by atoms with Crippen LogP contribution < -0.4 is 5.32 Å². The molecule has 0 aliphatic heterocycles. The zero-order valence-electron chi connectivity index (χ0n) is 20.4. The molecule has 3 aromatic carbocycles. The van der Waals surface area contributed by atoms with Gasteiger partial charge < -0.3 is 15.3 Å². The summed E-state index contributed by atoms with van der Waals surface area (Å²) < 4.78 is 0. The molecule has 2 N–H and O–H groups in total. The van der Waals surface area contributed by atoms with Gasteiger partial charge in [0.25, 0.3) is 0 Å². The first-order valence-corrected chi connectivity index (χ1v) is 11.8. The van der Waals surface area contributed by atoms with Gasteiger partial charge in [0.1, 0.15) is 11.8 Å². The number of nitrogens with one attached hydrogen (secondary N) is 1. The summed E-state index contributed by atoms with van der Waals surface area (Å²) in [5.41, 5.74) is 3.85. The van der Waals surface area contributed by atoms with Crippen molar-refractivity contribution in [3.63, 3.8) is 0 Å². The number of carbonyl (C=O) groups excluding carboxylic acids is 2. The number of carbonyl (C=O) groups is 2. The maximum absolute atomic E-state index is 13.6. The van der Waals surface area contributed by atoms with E-state index in [1.807, 2.05) is 94.4 Å². The summed E-state index contributed by atoms with van der Waals surface area (Å²) in [7, 11) is 0. The Kier molecular flexibility index (Phi) is 8.47. The molecule has 178 valence electrons. The molecule has 0 bridgehead atoms. The highest BCUT2D eigenvalue weighted by molar-refractivity contribution is 5.89. The molecule has 0 radical (unpaired) electrons. The predicted molar refractivity (Wildman–Crippen MR) is 135 cm³/mol. The van der Waals surface area contributed by atoms with Crippen LogP contribution in [0.1, 0.15) is 61.5 Å². The Morgan fingerprint density at radius 2 is 1.47 bits per heavy atom. The summed E-state index contributed by atoms with van der Waals surface area (Å²) in [6.07, 6.45) is 0.803. The molecule has 5 nitrogen and oxygen atoms in total. The zero-order chi connectivity index (χ0) is 24.7. The van der Waals surface area contributed by atoms with E-state index in [1.165, 1.54) is 0 Å². The molecule has 0 heterocycles. The van der Waals surface area contributed by atoms with Crippen LogP contribution in [0.4, 0.5) is 0 Å².